The van der Waals surface area contributed by atoms with Gasteiger partial charge in [-0.3, -0.25) is 4.79 Å². The van der Waals surface area contributed by atoms with Crippen molar-refractivity contribution in [2.45, 2.75) is 45.6 Å². The van der Waals surface area contributed by atoms with Crippen molar-refractivity contribution in [2.75, 3.05) is 19.6 Å². The normalized spacial score (nSPS) is 17.9. The minimum absolute atomic E-state index is 0.148. The molecule has 0 aliphatic carbocycles. The Labute approximate surface area is 148 Å². The van der Waals surface area contributed by atoms with Crippen LogP contribution in [0.25, 0.3) is 11.4 Å². The summed E-state index contributed by atoms with van der Waals surface area (Å²) in [4.78, 5) is 18.7. The molecule has 134 valence electrons. The Balaban J connectivity index is 1.59. The molecule has 25 heavy (non-hydrogen) atoms. The molecule has 6 heteroatoms. The third kappa shape index (κ3) is 4.25. The van der Waals surface area contributed by atoms with Gasteiger partial charge in [0.15, 0.2) is 0 Å². The van der Waals surface area contributed by atoms with Gasteiger partial charge in [0.25, 0.3) is 0 Å². The summed E-state index contributed by atoms with van der Waals surface area (Å²) in [5.41, 5.74) is 2.21. The quantitative estimate of drug-likeness (QED) is 0.904. The van der Waals surface area contributed by atoms with E-state index in [2.05, 4.69) is 48.4 Å². The molecule has 1 saturated heterocycles. The number of carbonyl (C=O) groups is 1. The molecule has 2 aromatic rings. The van der Waals surface area contributed by atoms with E-state index in [1.54, 1.807) is 0 Å². The van der Waals surface area contributed by atoms with Crippen LogP contribution in [0.3, 0.4) is 0 Å². The lowest BCUT2D eigenvalue weighted by atomic mass is 10.0. The van der Waals surface area contributed by atoms with E-state index >= 15 is 0 Å². The van der Waals surface area contributed by atoms with Crippen LogP contribution in [0.15, 0.2) is 28.8 Å². The number of aryl methyl sites for hydroxylation is 1. The summed E-state index contributed by atoms with van der Waals surface area (Å²) in [6, 6.07) is 8.44. The Hall–Kier alpha value is -2.21. The zero-order chi connectivity index (χ0) is 17.8. The standard InChI is InChI=1S/C19H26N4O2/c1-13(2)15-4-6-16(7-5-15)19-21-17(25-22-19)8-9-18(24)23-11-10-20-12-14(23)3/h4-7,13-14,20H,8-12H2,1-3H3. The molecular weight excluding hydrogens is 316 g/mol. The predicted molar refractivity (Wildman–Crippen MR) is 96.2 cm³/mol. The summed E-state index contributed by atoms with van der Waals surface area (Å²) in [6.45, 7) is 8.86. The van der Waals surface area contributed by atoms with Crippen molar-refractivity contribution < 1.29 is 9.32 Å². The van der Waals surface area contributed by atoms with Gasteiger partial charge in [-0.2, -0.15) is 4.98 Å². The van der Waals surface area contributed by atoms with Crippen molar-refractivity contribution in [3.8, 4) is 11.4 Å². The molecule has 1 amide bonds. The zero-order valence-electron chi connectivity index (χ0n) is 15.2. The predicted octanol–water partition coefficient (Wildman–Crippen LogP) is 2.61. The minimum atomic E-state index is 0.148. The van der Waals surface area contributed by atoms with Gasteiger partial charge in [0.1, 0.15) is 0 Å². The second kappa shape index (κ2) is 7.78. The summed E-state index contributed by atoms with van der Waals surface area (Å²) in [7, 11) is 0. The van der Waals surface area contributed by atoms with E-state index in [4.69, 9.17) is 4.52 Å². The average molecular weight is 342 g/mol. The maximum atomic E-state index is 12.4. The Bertz CT molecular complexity index is 708. The lowest BCUT2D eigenvalue weighted by molar-refractivity contribution is -0.134. The highest BCUT2D eigenvalue weighted by Crippen LogP contribution is 2.21. The van der Waals surface area contributed by atoms with E-state index in [1.807, 2.05) is 17.0 Å². The van der Waals surface area contributed by atoms with Gasteiger partial charge >= 0.3 is 0 Å². The van der Waals surface area contributed by atoms with Crippen LogP contribution in [0.5, 0.6) is 0 Å². The number of nitrogens with zero attached hydrogens (tertiary/aromatic N) is 3. The fraction of sp³-hybridized carbons (Fsp3) is 0.526. The van der Waals surface area contributed by atoms with Crippen molar-refractivity contribution in [3.63, 3.8) is 0 Å². The monoisotopic (exact) mass is 342 g/mol. The number of nitrogens with one attached hydrogen (secondary N) is 1. The molecule has 0 saturated carbocycles. The minimum Gasteiger partial charge on any atom is -0.339 e. The number of benzene rings is 1. The summed E-state index contributed by atoms with van der Waals surface area (Å²) in [5.74, 6) is 1.73. The molecule has 2 heterocycles. The van der Waals surface area contributed by atoms with E-state index in [9.17, 15) is 4.79 Å². The average Bonchev–Trinajstić information content (AvgIpc) is 3.09. The molecule has 1 aliphatic rings. The smallest absolute Gasteiger partial charge is 0.227 e. The maximum absolute atomic E-state index is 12.4. The van der Waals surface area contributed by atoms with E-state index in [1.165, 1.54) is 5.56 Å². The third-order valence-electron chi connectivity index (χ3n) is 4.68. The molecule has 1 unspecified atom stereocenters. The van der Waals surface area contributed by atoms with Crippen LogP contribution in [-0.2, 0) is 11.2 Å². The van der Waals surface area contributed by atoms with Crippen LogP contribution in [-0.4, -0.2) is 46.6 Å². The zero-order valence-corrected chi connectivity index (χ0v) is 15.2. The van der Waals surface area contributed by atoms with Crippen LogP contribution in [0.1, 0.15) is 44.6 Å². The number of amides is 1. The van der Waals surface area contributed by atoms with Crippen molar-refractivity contribution in [2.24, 2.45) is 0 Å². The first-order valence-corrected chi connectivity index (χ1v) is 8.97. The van der Waals surface area contributed by atoms with Gasteiger partial charge in [0, 0.05) is 44.1 Å². The van der Waals surface area contributed by atoms with E-state index in [-0.39, 0.29) is 11.9 Å². The number of rotatable bonds is 5. The molecule has 1 fully saturated rings. The number of hydrogen-bond donors (Lipinski definition) is 1. The number of piperazine rings is 1. The highest BCUT2D eigenvalue weighted by atomic mass is 16.5. The fourth-order valence-corrected chi connectivity index (χ4v) is 3.06. The van der Waals surface area contributed by atoms with Crippen molar-refractivity contribution in [3.05, 3.63) is 35.7 Å². The molecule has 1 aromatic carbocycles. The van der Waals surface area contributed by atoms with Crippen molar-refractivity contribution in [1.82, 2.24) is 20.4 Å². The SMILES string of the molecule is CC(C)c1ccc(-c2noc(CCC(=O)N3CCNCC3C)n2)cc1. The third-order valence-corrected chi connectivity index (χ3v) is 4.68. The highest BCUT2D eigenvalue weighted by molar-refractivity contribution is 5.76. The van der Waals surface area contributed by atoms with E-state index in [0.717, 1.165) is 25.2 Å². The summed E-state index contributed by atoms with van der Waals surface area (Å²) in [5, 5.41) is 7.34. The second-order valence-corrected chi connectivity index (χ2v) is 6.93. The highest BCUT2D eigenvalue weighted by Gasteiger charge is 2.23. The van der Waals surface area contributed by atoms with Crippen LogP contribution in [0.4, 0.5) is 0 Å². The van der Waals surface area contributed by atoms with Crippen LogP contribution < -0.4 is 5.32 Å². The lowest BCUT2D eigenvalue weighted by Crippen LogP contribution is -2.52. The first-order valence-electron chi connectivity index (χ1n) is 8.97. The molecule has 0 radical (unpaired) electrons. The first-order chi connectivity index (χ1) is 12.0. The number of carbonyl (C=O) groups excluding carboxylic acids is 1. The van der Waals surface area contributed by atoms with Gasteiger partial charge < -0.3 is 14.7 Å². The van der Waals surface area contributed by atoms with Gasteiger partial charge in [0.2, 0.25) is 17.6 Å². The Morgan fingerprint density at radius 1 is 1.36 bits per heavy atom. The van der Waals surface area contributed by atoms with Gasteiger partial charge in [-0.25, -0.2) is 0 Å². The van der Waals surface area contributed by atoms with Crippen LogP contribution in [0.2, 0.25) is 0 Å². The Kier molecular flexibility index (Phi) is 5.48. The van der Waals surface area contributed by atoms with E-state index in [0.29, 0.717) is 30.5 Å². The second-order valence-electron chi connectivity index (χ2n) is 6.93. The Morgan fingerprint density at radius 2 is 2.12 bits per heavy atom. The first kappa shape index (κ1) is 17.6. The summed E-state index contributed by atoms with van der Waals surface area (Å²) >= 11 is 0. The van der Waals surface area contributed by atoms with Crippen molar-refractivity contribution >= 4 is 5.91 Å². The fourth-order valence-electron chi connectivity index (χ4n) is 3.06. The molecule has 1 aromatic heterocycles. The van der Waals surface area contributed by atoms with Crippen LogP contribution in [0, 0.1) is 0 Å². The molecule has 1 N–H and O–H groups in total. The van der Waals surface area contributed by atoms with Gasteiger partial charge in [-0.05, 0) is 18.4 Å². The lowest BCUT2D eigenvalue weighted by Gasteiger charge is -2.34. The van der Waals surface area contributed by atoms with Crippen LogP contribution >= 0.6 is 0 Å². The number of aromatic nitrogens is 2. The molecule has 6 nitrogen and oxygen atoms in total. The molecule has 1 aliphatic heterocycles. The van der Waals surface area contributed by atoms with E-state index < -0.39 is 0 Å². The van der Waals surface area contributed by atoms with Gasteiger partial charge in [-0.1, -0.05) is 43.3 Å². The molecule has 3 rings (SSSR count). The van der Waals surface area contributed by atoms with Crippen molar-refractivity contribution in [1.29, 1.82) is 0 Å². The topological polar surface area (TPSA) is 71.3 Å². The Morgan fingerprint density at radius 3 is 2.80 bits per heavy atom. The molecule has 1 atom stereocenters. The largest absolute Gasteiger partial charge is 0.339 e. The maximum Gasteiger partial charge on any atom is 0.227 e. The number of hydrogen-bond acceptors (Lipinski definition) is 5. The summed E-state index contributed by atoms with van der Waals surface area (Å²) < 4.78 is 5.32. The molecular formula is C19H26N4O2. The van der Waals surface area contributed by atoms with Gasteiger partial charge in [-0.15, -0.1) is 0 Å². The van der Waals surface area contributed by atoms with Gasteiger partial charge in [0.05, 0.1) is 0 Å². The molecule has 0 spiro atoms. The molecule has 0 bridgehead atoms. The summed E-state index contributed by atoms with van der Waals surface area (Å²) in [6.07, 6.45) is 0.880.